The summed E-state index contributed by atoms with van der Waals surface area (Å²) in [6.45, 7) is 0. The van der Waals surface area contributed by atoms with Gasteiger partial charge in [0.15, 0.2) is 0 Å². The summed E-state index contributed by atoms with van der Waals surface area (Å²) in [6, 6.07) is 10.7. The van der Waals surface area contributed by atoms with Crippen molar-refractivity contribution in [2.24, 2.45) is 0 Å². The summed E-state index contributed by atoms with van der Waals surface area (Å²) in [5.41, 5.74) is 0. The van der Waals surface area contributed by atoms with Crippen molar-refractivity contribution in [3.63, 3.8) is 0 Å². The molecule has 0 fully saturated rings. The average molecular weight is 134 g/mol. The topological polar surface area (TPSA) is 0 Å². The maximum Gasteiger partial charge on any atom is -0.00182 e. The van der Waals surface area contributed by atoms with Crippen LogP contribution in [0, 0.1) is 10.2 Å². The molecule has 0 bridgehead atoms. The molecule has 0 saturated heterocycles. The Morgan fingerprint density at radius 3 is 2.78 bits per heavy atom. The average Bonchev–Trinajstić information content (AvgIpc) is 1.94. The second-order valence-corrected chi connectivity index (χ2v) is 3.23. The highest BCUT2D eigenvalue weighted by atomic mass is 31.0. The molecule has 1 unspecified atom stereocenters. The van der Waals surface area contributed by atoms with Crippen molar-refractivity contribution < 1.29 is 0 Å². The zero-order chi connectivity index (χ0) is 6.10. The molecule has 0 aromatic carbocycles. The van der Waals surface area contributed by atoms with Gasteiger partial charge < -0.3 is 0 Å². The van der Waals surface area contributed by atoms with E-state index in [1.165, 1.54) is 10.2 Å². The maximum absolute atomic E-state index is 2.21. The van der Waals surface area contributed by atoms with Crippen LogP contribution in [0.2, 0.25) is 0 Å². The molecule has 0 radical (unpaired) electrons. The van der Waals surface area contributed by atoms with Gasteiger partial charge in [-0.1, -0.05) is 30.3 Å². The van der Waals surface area contributed by atoms with Gasteiger partial charge in [-0.05, 0) is 16.0 Å². The van der Waals surface area contributed by atoms with Crippen LogP contribution in [0.3, 0.4) is 0 Å². The molecule has 0 saturated carbocycles. The second kappa shape index (κ2) is 1.89. The predicted octanol–water partition coefficient (Wildman–Crippen LogP) is 2.44. The summed E-state index contributed by atoms with van der Waals surface area (Å²) < 4.78 is 0. The van der Waals surface area contributed by atoms with Gasteiger partial charge in [0, 0.05) is 0 Å². The fourth-order valence-electron chi connectivity index (χ4n) is 0.892. The molecule has 1 heterocycles. The van der Waals surface area contributed by atoms with Gasteiger partial charge in [-0.3, -0.25) is 0 Å². The van der Waals surface area contributed by atoms with Crippen LogP contribution in [0.1, 0.15) is 0 Å². The van der Waals surface area contributed by atoms with E-state index in [-0.39, 0.29) is 0 Å². The first-order chi connectivity index (χ1) is 4.47. The molecule has 9 heavy (non-hydrogen) atoms. The Hall–Kier alpha value is -0.740. The smallest absolute Gasteiger partial charge is 0.00182 e. The van der Waals surface area contributed by atoms with E-state index in [1.807, 2.05) is 0 Å². The zero-order valence-corrected chi connectivity index (χ0v) is 5.96. The lowest BCUT2D eigenvalue weighted by molar-refractivity contribution is 1.54. The number of hydrogen-bond acceptors (Lipinski definition) is 0. The Morgan fingerprint density at radius 2 is 2.00 bits per heavy atom. The number of rotatable bonds is 0. The van der Waals surface area contributed by atoms with Gasteiger partial charge in [-0.25, -0.2) is 0 Å². The van der Waals surface area contributed by atoms with Crippen LogP contribution in [-0.2, 0) is 0 Å². The van der Waals surface area contributed by atoms with Crippen molar-refractivity contribution in [3.8, 4) is 0 Å². The van der Waals surface area contributed by atoms with Crippen LogP contribution in [-0.4, -0.2) is 0 Å². The third-order valence-corrected chi connectivity index (χ3v) is 2.59. The van der Waals surface area contributed by atoms with Gasteiger partial charge in [0.05, 0.1) is 0 Å². The lowest BCUT2D eigenvalue weighted by Gasteiger charge is -1.86. The van der Waals surface area contributed by atoms with Crippen molar-refractivity contribution in [1.29, 1.82) is 0 Å². The van der Waals surface area contributed by atoms with E-state index in [4.69, 9.17) is 0 Å². The van der Waals surface area contributed by atoms with Crippen molar-refractivity contribution >= 4 is 8.19 Å². The Kier molecular flexibility index (Phi) is 1.07. The van der Waals surface area contributed by atoms with Gasteiger partial charge in [0.1, 0.15) is 0 Å². The fraction of sp³-hybridized carbons (Fsp3) is 0. The van der Waals surface area contributed by atoms with E-state index >= 15 is 0 Å². The van der Waals surface area contributed by atoms with Crippen molar-refractivity contribution in [2.45, 2.75) is 0 Å². The SMILES string of the molecule is c1ccc2ccc=2[pH]c1. The molecule has 0 N–H and O–H groups in total. The highest BCUT2D eigenvalue weighted by Gasteiger charge is 1.83. The zero-order valence-electron chi connectivity index (χ0n) is 4.96. The van der Waals surface area contributed by atoms with E-state index < -0.39 is 0 Å². The standard InChI is InChI=1S/C8H7P/c1-2-6-9-8-5-4-7(8)3-1/h1-6,9H. The van der Waals surface area contributed by atoms with E-state index in [2.05, 4.69) is 36.1 Å². The molecule has 1 aliphatic heterocycles. The van der Waals surface area contributed by atoms with E-state index in [0.717, 1.165) is 8.19 Å². The first-order valence-electron chi connectivity index (χ1n) is 2.99. The summed E-state index contributed by atoms with van der Waals surface area (Å²) in [7, 11) is 0.885. The second-order valence-electron chi connectivity index (χ2n) is 2.06. The summed E-state index contributed by atoms with van der Waals surface area (Å²) in [5.74, 6) is 2.21. The third-order valence-electron chi connectivity index (χ3n) is 1.46. The minimum atomic E-state index is 0.885. The third kappa shape index (κ3) is 0.760. The summed E-state index contributed by atoms with van der Waals surface area (Å²) >= 11 is 0. The van der Waals surface area contributed by atoms with Crippen molar-refractivity contribution in [1.82, 2.24) is 0 Å². The Balaban J connectivity index is 2.99. The quantitative estimate of drug-likeness (QED) is 0.519. The van der Waals surface area contributed by atoms with Crippen LogP contribution < -0.4 is 0 Å². The monoisotopic (exact) mass is 134 g/mol. The van der Waals surface area contributed by atoms with Gasteiger partial charge >= 0.3 is 0 Å². The molecule has 1 heteroatoms. The molecule has 2 rings (SSSR count). The molecule has 2 aliphatic rings. The molecule has 1 atom stereocenters. The highest BCUT2D eigenvalue weighted by molar-refractivity contribution is 7.28. The lowest BCUT2D eigenvalue weighted by Crippen LogP contribution is -1.67. The Bertz CT molecular complexity index is 314. The molecular formula is C8H7P. The van der Waals surface area contributed by atoms with Gasteiger partial charge in [-0.2, -0.15) is 0 Å². The highest BCUT2D eigenvalue weighted by Crippen LogP contribution is 2.10. The first kappa shape index (κ1) is 5.08. The predicted molar refractivity (Wildman–Crippen MR) is 41.2 cm³/mol. The van der Waals surface area contributed by atoms with E-state index in [9.17, 15) is 0 Å². The summed E-state index contributed by atoms with van der Waals surface area (Å²) in [6.07, 6.45) is 0. The normalized spacial score (nSPS) is 11.1. The lowest BCUT2D eigenvalue weighted by atomic mass is 10.3. The summed E-state index contributed by atoms with van der Waals surface area (Å²) in [4.78, 5) is 1.50. The summed E-state index contributed by atoms with van der Waals surface area (Å²) in [5, 5.41) is 1.42. The van der Waals surface area contributed by atoms with Crippen LogP contribution >= 0.6 is 8.19 Å². The van der Waals surface area contributed by atoms with E-state index in [1.54, 1.807) is 0 Å². The molecular weight excluding hydrogens is 127 g/mol. The van der Waals surface area contributed by atoms with Crippen LogP contribution in [0.5, 0.6) is 0 Å². The minimum Gasteiger partial charge on any atom is -0.132 e. The maximum atomic E-state index is 2.21. The first-order valence-corrected chi connectivity index (χ1v) is 4.07. The van der Waals surface area contributed by atoms with Gasteiger partial charge in [0.25, 0.3) is 0 Å². The van der Waals surface area contributed by atoms with Crippen LogP contribution in [0.15, 0.2) is 36.1 Å². The molecule has 1 aliphatic carbocycles. The molecule has 0 spiro atoms. The molecule has 0 aromatic heterocycles. The van der Waals surface area contributed by atoms with Crippen LogP contribution in [0.25, 0.3) is 0 Å². The number of hydrogen-bond donors (Lipinski definition) is 0. The fourth-order valence-corrected chi connectivity index (χ4v) is 1.79. The molecule has 0 nitrogen and oxygen atoms in total. The van der Waals surface area contributed by atoms with Crippen LogP contribution in [0.4, 0.5) is 0 Å². The Labute approximate surface area is 55.3 Å². The Morgan fingerprint density at radius 1 is 1.00 bits per heavy atom. The molecule has 0 aromatic rings. The van der Waals surface area contributed by atoms with Crippen molar-refractivity contribution in [3.05, 3.63) is 46.3 Å². The van der Waals surface area contributed by atoms with Crippen molar-refractivity contribution in [2.75, 3.05) is 0 Å². The molecule has 0 amide bonds. The largest absolute Gasteiger partial charge is 0.132 e. The van der Waals surface area contributed by atoms with Gasteiger partial charge in [-0.15, -0.1) is 8.19 Å². The van der Waals surface area contributed by atoms with Gasteiger partial charge in [0.2, 0.25) is 0 Å². The minimum absolute atomic E-state index is 0.885. The molecule has 44 valence electrons. The van der Waals surface area contributed by atoms with E-state index in [0.29, 0.717) is 0 Å².